The van der Waals surface area contributed by atoms with Gasteiger partial charge in [0.2, 0.25) is 5.91 Å². The number of primary amides is 1. The van der Waals surface area contributed by atoms with E-state index in [-0.39, 0.29) is 5.82 Å². The van der Waals surface area contributed by atoms with E-state index in [0.29, 0.717) is 0 Å². The molecule has 0 saturated carbocycles. The Labute approximate surface area is 88.2 Å². The lowest BCUT2D eigenvalue weighted by atomic mass is 10.2. The summed E-state index contributed by atoms with van der Waals surface area (Å²) in [5.41, 5.74) is 4.82. The Morgan fingerprint density at radius 3 is 2.62 bits per heavy atom. The molecule has 1 heterocycles. The van der Waals surface area contributed by atoms with Crippen LogP contribution in [0, 0.1) is 0 Å². The highest BCUT2D eigenvalue weighted by molar-refractivity contribution is 5.94. The number of aromatic nitrogens is 4. The normalized spacial score (nSPS) is 11.8. The molecule has 0 spiro atoms. The molecule has 0 saturated heterocycles. The van der Waals surface area contributed by atoms with Crippen molar-refractivity contribution >= 4 is 17.8 Å². The number of tetrazole rings is 1. The van der Waals surface area contributed by atoms with Crippen LogP contribution in [0.5, 0.6) is 0 Å². The molecule has 1 aromatic rings. The lowest BCUT2D eigenvalue weighted by molar-refractivity contribution is -0.140. The number of carbonyl (C=O) groups is 3. The monoisotopic (exact) mass is 228 g/mol. The van der Waals surface area contributed by atoms with E-state index in [9.17, 15) is 14.4 Å². The van der Waals surface area contributed by atoms with Gasteiger partial charge in [0, 0.05) is 0 Å². The molecule has 5 N–H and O–H groups in total. The van der Waals surface area contributed by atoms with Gasteiger partial charge in [-0.05, 0) is 5.21 Å². The summed E-state index contributed by atoms with van der Waals surface area (Å²) in [7, 11) is 0. The summed E-state index contributed by atoms with van der Waals surface area (Å²) in [6.45, 7) is 0. The molecule has 0 aliphatic rings. The van der Waals surface area contributed by atoms with Crippen LogP contribution < -0.4 is 11.1 Å². The fourth-order valence-corrected chi connectivity index (χ4v) is 0.882. The van der Waals surface area contributed by atoms with E-state index in [1.807, 2.05) is 10.5 Å². The number of nitrogens with two attached hydrogens (primary N) is 1. The summed E-state index contributed by atoms with van der Waals surface area (Å²) in [5.74, 6) is -3.41. The average molecular weight is 228 g/mol. The predicted molar refractivity (Wildman–Crippen MR) is 46.9 cm³/mol. The maximum Gasteiger partial charge on any atom is 0.326 e. The van der Waals surface area contributed by atoms with Gasteiger partial charge in [-0.3, -0.25) is 9.59 Å². The van der Waals surface area contributed by atoms with Crippen LogP contribution in [0.2, 0.25) is 0 Å². The Morgan fingerprint density at radius 2 is 2.19 bits per heavy atom. The molecule has 0 aliphatic heterocycles. The number of H-pyrrole nitrogens is 1. The highest BCUT2D eigenvalue weighted by Gasteiger charge is 2.24. The van der Waals surface area contributed by atoms with Crippen molar-refractivity contribution in [2.75, 3.05) is 0 Å². The van der Waals surface area contributed by atoms with Crippen molar-refractivity contribution in [1.82, 2.24) is 25.9 Å². The number of hydrogen-bond donors (Lipinski definition) is 4. The third kappa shape index (κ3) is 3.01. The van der Waals surface area contributed by atoms with Gasteiger partial charge in [0.15, 0.2) is 0 Å². The molecule has 0 aromatic carbocycles. The van der Waals surface area contributed by atoms with E-state index in [1.54, 1.807) is 0 Å². The van der Waals surface area contributed by atoms with Crippen LogP contribution in [0.1, 0.15) is 17.0 Å². The smallest absolute Gasteiger partial charge is 0.326 e. The number of nitrogens with zero attached hydrogens (tertiary/aromatic N) is 3. The highest BCUT2D eigenvalue weighted by atomic mass is 16.4. The molecule has 0 bridgehead atoms. The van der Waals surface area contributed by atoms with Crippen molar-refractivity contribution in [2.45, 2.75) is 12.5 Å². The second-order valence-corrected chi connectivity index (χ2v) is 2.77. The minimum absolute atomic E-state index is 0.323. The first-order valence-corrected chi connectivity index (χ1v) is 4.06. The Morgan fingerprint density at radius 1 is 1.50 bits per heavy atom. The van der Waals surface area contributed by atoms with Crippen molar-refractivity contribution < 1.29 is 19.5 Å². The first kappa shape index (κ1) is 11.6. The molecular weight excluding hydrogens is 220 g/mol. The SMILES string of the molecule is NC(=O)CC(NC(=O)c1nn[nH]n1)C(=O)O. The van der Waals surface area contributed by atoms with Gasteiger partial charge in [-0.1, -0.05) is 0 Å². The zero-order chi connectivity index (χ0) is 12.1. The first-order valence-electron chi connectivity index (χ1n) is 4.06. The van der Waals surface area contributed by atoms with Crippen LogP contribution in [0.4, 0.5) is 0 Å². The molecule has 1 unspecified atom stereocenters. The number of hydrogen-bond acceptors (Lipinski definition) is 6. The van der Waals surface area contributed by atoms with E-state index < -0.39 is 30.2 Å². The maximum atomic E-state index is 11.3. The third-order valence-corrected chi connectivity index (χ3v) is 1.56. The summed E-state index contributed by atoms with van der Waals surface area (Å²) in [5, 5.41) is 22.5. The Hall–Kier alpha value is -2.52. The first-order chi connectivity index (χ1) is 7.50. The molecule has 0 aliphatic carbocycles. The molecule has 10 nitrogen and oxygen atoms in total. The lowest BCUT2D eigenvalue weighted by Crippen LogP contribution is -2.43. The minimum Gasteiger partial charge on any atom is -0.480 e. The largest absolute Gasteiger partial charge is 0.480 e. The van der Waals surface area contributed by atoms with Gasteiger partial charge in [-0.2, -0.15) is 5.21 Å². The number of aliphatic carboxylic acids is 1. The summed E-state index contributed by atoms with van der Waals surface area (Å²) in [6, 6.07) is -1.41. The van der Waals surface area contributed by atoms with E-state index in [1.165, 1.54) is 0 Å². The predicted octanol–water partition coefficient (Wildman–Crippen LogP) is -2.74. The van der Waals surface area contributed by atoms with Gasteiger partial charge in [-0.15, -0.1) is 10.2 Å². The summed E-state index contributed by atoms with van der Waals surface area (Å²) >= 11 is 0. The molecule has 1 atom stereocenters. The number of nitrogens with one attached hydrogen (secondary N) is 2. The van der Waals surface area contributed by atoms with Gasteiger partial charge >= 0.3 is 5.97 Å². The maximum absolute atomic E-state index is 11.3. The van der Waals surface area contributed by atoms with Crippen LogP contribution in [0.15, 0.2) is 0 Å². The van der Waals surface area contributed by atoms with Crippen LogP contribution in [0.3, 0.4) is 0 Å². The number of carboxylic acids is 1. The van der Waals surface area contributed by atoms with Crippen molar-refractivity contribution in [3.05, 3.63) is 5.82 Å². The summed E-state index contributed by atoms with van der Waals surface area (Å²) in [6.07, 6.45) is -0.515. The number of aromatic amines is 1. The van der Waals surface area contributed by atoms with Gasteiger partial charge in [-0.25, -0.2) is 4.79 Å². The average Bonchev–Trinajstić information content (AvgIpc) is 2.68. The molecular formula is C6H8N6O4. The van der Waals surface area contributed by atoms with E-state index in [4.69, 9.17) is 10.8 Å². The number of carbonyl (C=O) groups excluding carboxylic acids is 2. The van der Waals surface area contributed by atoms with E-state index in [2.05, 4.69) is 15.4 Å². The van der Waals surface area contributed by atoms with Crippen molar-refractivity contribution in [2.24, 2.45) is 5.73 Å². The lowest BCUT2D eigenvalue weighted by Gasteiger charge is -2.10. The Balaban J connectivity index is 2.65. The third-order valence-electron chi connectivity index (χ3n) is 1.56. The number of rotatable bonds is 5. The molecule has 86 valence electrons. The topological polar surface area (TPSA) is 164 Å². The summed E-state index contributed by atoms with van der Waals surface area (Å²) < 4.78 is 0. The fraction of sp³-hybridized carbons (Fsp3) is 0.333. The zero-order valence-electron chi connectivity index (χ0n) is 7.88. The molecule has 0 radical (unpaired) electrons. The van der Waals surface area contributed by atoms with Crippen LogP contribution >= 0.6 is 0 Å². The van der Waals surface area contributed by atoms with Gasteiger partial charge in [0.05, 0.1) is 6.42 Å². The molecule has 1 rings (SSSR count). The minimum atomic E-state index is -1.41. The molecule has 0 fully saturated rings. The van der Waals surface area contributed by atoms with Crippen LogP contribution in [0.25, 0.3) is 0 Å². The standard InChI is InChI=1S/C6H8N6O4/c7-3(13)1-2(6(15)16)8-5(14)4-9-11-12-10-4/h2H,1H2,(H2,7,13)(H,8,14)(H,15,16)(H,9,10,11,12). The van der Waals surface area contributed by atoms with Crippen LogP contribution in [-0.2, 0) is 9.59 Å². The second kappa shape index (κ2) is 4.82. The molecule has 1 aromatic heterocycles. The number of carboxylic acid groups (broad SMARTS) is 1. The van der Waals surface area contributed by atoms with E-state index >= 15 is 0 Å². The molecule has 2 amide bonds. The molecule has 16 heavy (non-hydrogen) atoms. The van der Waals surface area contributed by atoms with Crippen LogP contribution in [-0.4, -0.2) is 49.6 Å². The Bertz CT molecular complexity index is 401. The Kier molecular flexibility index (Phi) is 3.48. The second-order valence-electron chi connectivity index (χ2n) is 2.77. The zero-order valence-corrected chi connectivity index (χ0v) is 7.88. The highest BCUT2D eigenvalue weighted by Crippen LogP contribution is 1.94. The summed E-state index contributed by atoms with van der Waals surface area (Å²) in [4.78, 5) is 32.5. The van der Waals surface area contributed by atoms with Crippen molar-refractivity contribution in [3.8, 4) is 0 Å². The quantitative estimate of drug-likeness (QED) is 0.424. The fourth-order valence-electron chi connectivity index (χ4n) is 0.882. The van der Waals surface area contributed by atoms with Gasteiger partial charge in [0.25, 0.3) is 11.7 Å². The van der Waals surface area contributed by atoms with E-state index in [0.717, 1.165) is 0 Å². The van der Waals surface area contributed by atoms with Gasteiger partial charge < -0.3 is 16.2 Å². The van der Waals surface area contributed by atoms with Gasteiger partial charge in [0.1, 0.15) is 6.04 Å². The van der Waals surface area contributed by atoms with Crippen molar-refractivity contribution in [1.29, 1.82) is 0 Å². The van der Waals surface area contributed by atoms with Crippen molar-refractivity contribution in [3.63, 3.8) is 0 Å². The number of amides is 2. The molecule has 10 heteroatoms.